The fourth-order valence-electron chi connectivity index (χ4n) is 4.48. The molecule has 8 nitrogen and oxygen atoms in total. The number of thiazole rings is 1. The minimum Gasteiger partial charge on any atom is -0.508 e. The summed E-state index contributed by atoms with van der Waals surface area (Å²) in [5, 5.41) is 21.6. The number of ketones is 1. The molecule has 200 valence electrons. The van der Waals surface area contributed by atoms with Gasteiger partial charge in [-0.3, -0.25) is 14.5 Å². The van der Waals surface area contributed by atoms with Crippen LogP contribution in [-0.2, 0) is 9.59 Å². The number of ether oxygens (including phenoxy) is 2. The lowest BCUT2D eigenvalue weighted by Gasteiger charge is -2.23. The number of aliphatic hydroxyl groups excluding tert-OH is 1. The van der Waals surface area contributed by atoms with E-state index in [1.54, 1.807) is 48.5 Å². The fourth-order valence-corrected chi connectivity index (χ4v) is 5.50. The molecule has 9 heteroatoms. The van der Waals surface area contributed by atoms with Crippen LogP contribution in [0.25, 0.3) is 16.0 Å². The zero-order valence-corrected chi connectivity index (χ0v) is 22.4. The number of amides is 1. The highest BCUT2D eigenvalue weighted by Gasteiger charge is 2.48. The lowest BCUT2D eigenvalue weighted by molar-refractivity contribution is -0.132. The van der Waals surface area contributed by atoms with Gasteiger partial charge >= 0.3 is 5.91 Å². The average Bonchev–Trinajstić information content (AvgIpc) is 3.47. The molecule has 0 aliphatic carbocycles. The number of aromatic hydroxyl groups is 1. The Morgan fingerprint density at radius 2 is 1.77 bits per heavy atom. The third kappa shape index (κ3) is 5.18. The Bertz CT molecular complexity index is 1560. The number of aliphatic hydroxyl groups is 1. The zero-order valence-electron chi connectivity index (χ0n) is 21.6. The molecule has 1 fully saturated rings. The highest BCUT2D eigenvalue weighted by Crippen LogP contribution is 2.45. The summed E-state index contributed by atoms with van der Waals surface area (Å²) in [5.74, 6) is -0.658. The second kappa shape index (κ2) is 11.2. The predicted octanol–water partition coefficient (Wildman–Crippen LogP) is 6.21. The van der Waals surface area contributed by atoms with E-state index in [2.05, 4.69) is 11.9 Å². The Kier molecular flexibility index (Phi) is 7.51. The van der Waals surface area contributed by atoms with E-state index in [-0.39, 0.29) is 17.1 Å². The number of hydrogen-bond donors (Lipinski definition) is 2. The molecule has 2 heterocycles. The van der Waals surface area contributed by atoms with Crippen molar-refractivity contribution in [2.24, 2.45) is 0 Å². The number of fused-ring (bicyclic) bond motifs is 1. The molecular formula is C30H28N2O6S. The van der Waals surface area contributed by atoms with E-state index >= 15 is 0 Å². The number of aromatic nitrogens is 1. The molecule has 0 bridgehead atoms. The molecule has 2 N–H and O–H groups in total. The number of phenolic OH excluding ortho intramolecular Hbond substituents is 1. The van der Waals surface area contributed by atoms with Crippen LogP contribution in [-0.4, -0.2) is 40.1 Å². The summed E-state index contributed by atoms with van der Waals surface area (Å²) in [6.07, 6.45) is 1.87. The van der Waals surface area contributed by atoms with Gasteiger partial charge in [-0.1, -0.05) is 48.9 Å². The molecule has 1 atom stereocenters. The number of nitrogens with zero attached hydrogens (tertiary/aromatic N) is 2. The van der Waals surface area contributed by atoms with Crippen molar-refractivity contribution >= 4 is 44.1 Å². The average molecular weight is 545 g/mol. The molecule has 39 heavy (non-hydrogen) atoms. The molecular weight excluding hydrogens is 516 g/mol. The van der Waals surface area contributed by atoms with E-state index in [4.69, 9.17) is 9.47 Å². The molecule has 1 saturated heterocycles. The summed E-state index contributed by atoms with van der Waals surface area (Å²) in [6.45, 7) is 5.00. The topological polar surface area (TPSA) is 109 Å². The van der Waals surface area contributed by atoms with Gasteiger partial charge in [0, 0.05) is 5.56 Å². The lowest BCUT2D eigenvalue weighted by Crippen LogP contribution is -2.29. The maximum atomic E-state index is 13.5. The van der Waals surface area contributed by atoms with E-state index in [0.717, 1.165) is 17.5 Å². The van der Waals surface area contributed by atoms with Crippen molar-refractivity contribution < 1.29 is 29.3 Å². The number of carbonyl (C=O) groups is 2. The summed E-state index contributed by atoms with van der Waals surface area (Å²) in [6, 6.07) is 17.5. The van der Waals surface area contributed by atoms with Crippen LogP contribution < -0.4 is 14.4 Å². The molecule has 1 aliphatic rings. The fraction of sp³-hybridized carbons (Fsp3) is 0.233. The number of hydrogen-bond acceptors (Lipinski definition) is 8. The molecule has 3 aromatic carbocycles. The Hall–Kier alpha value is -4.37. The van der Waals surface area contributed by atoms with E-state index in [9.17, 15) is 19.8 Å². The normalized spacial score (nSPS) is 16.7. The molecule has 0 saturated carbocycles. The molecule has 0 spiro atoms. The van der Waals surface area contributed by atoms with Crippen LogP contribution in [0.15, 0.2) is 72.3 Å². The van der Waals surface area contributed by atoms with Gasteiger partial charge in [0.25, 0.3) is 5.78 Å². The highest BCUT2D eigenvalue weighted by atomic mass is 32.1. The first-order valence-electron chi connectivity index (χ1n) is 12.8. The first-order valence-corrected chi connectivity index (χ1v) is 13.6. The largest absolute Gasteiger partial charge is 0.508 e. The lowest BCUT2D eigenvalue weighted by atomic mass is 9.95. The van der Waals surface area contributed by atoms with Crippen LogP contribution in [0.4, 0.5) is 5.13 Å². The van der Waals surface area contributed by atoms with E-state index < -0.39 is 17.7 Å². The Balaban J connectivity index is 1.62. The standard InChI is InChI=1S/C30H28N2O6S/c1-3-5-15-38-21-8-6-7-19(16-21)27(34)25-26(18-9-11-20(33)12-10-18)32(29(36)28(25)35)30-31-23-14-13-22(37-4-2)17-24(23)39-30/h6-14,16-17,26,33-34H,3-5,15H2,1-2H3/b27-25+. The number of carbonyl (C=O) groups excluding carboxylic acids is 2. The predicted molar refractivity (Wildman–Crippen MR) is 151 cm³/mol. The molecule has 1 aliphatic heterocycles. The van der Waals surface area contributed by atoms with Gasteiger partial charge in [-0.15, -0.1) is 0 Å². The SMILES string of the molecule is CCCCOc1cccc(/C(O)=C2\C(=O)C(=O)N(c3nc4ccc(OCC)cc4s3)C2c2ccc(O)cc2)c1. The second-order valence-electron chi connectivity index (χ2n) is 9.05. The van der Waals surface area contributed by atoms with Crippen molar-refractivity contribution in [2.75, 3.05) is 18.1 Å². The van der Waals surface area contributed by atoms with Crippen LogP contribution in [0.1, 0.15) is 43.9 Å². The quantitative estimate of drug-likeness (QED) is 0.112. The zero-order chi connectivity index (χ0) is 27.5. The third-order valence-corrected chi connectivity index (χ3v) is 7.41. The second-order valence-corrected chi connectivity index (χ2v) is 10.1. The van der Waals surface area contributed by atoms with Crippen molar-refractivity contribution in [3.05, 3.63) is 83.4 Å². The number of benzene rings is 3. The number of Topliss-reactive ketones (excluding diaryl/α,β-unsaturated/α-hetero) is 1. The maximum Gasteiger partial charge on any atom is 0.301 e. The number of anilines is 1. The van der Waals surface area contributed by atoms with Gasteiger partial charge in [-0.05, 0) is 61.4 Å². The first kappa shape index (κ1) is 26.2. The van der Waals surface area contributed by atoms with Crippen LogP contribution in [0, 0.1) is 0 Å². The summed E-state index contributed by atoms with van der Waals surface area (Å²) in [7, 11) is 0. The summed E-state index contributed by atoms with van der Waals surface area (Å²) in [4.78, 5) is 32.9. The van der Waals surface area contributed by atoms with E-state index in [1.165, 1.54) is 28.4 Å². The molecule has 1 amide bonds. The van der Waals surface area contributed by atoms with Gasteiger partial charge in [-0.25, -0.2) is 4.98 Å². The smallest absolute Gasteiger partial charge is 0.301 e. The van der Waals surface area contributed by atoms with Crippen molar-refractivity contribution in [1.29, 1.82) is 0 Å². The van der Waals surface area contributed by atoms with Gasteiger partial charge in [0.15, 0.2) is 5.13 Å². The van der Waals surface area contributed by atoms with Crippen LogP contribution in [0.3, 0.4) is 0 Å². The summed E-state index contributed by atoms with van der Waals surface area (Å²) < 4.78 is 12.2. The minimum absolute atomic E-state index is 0.0380. The summed E-state index contributed by atoms with van der Waals surface area (Å²) >= 11 is 1.25. The summed E-state index contributed by atoms with van der Waals surface area (Å²) in [5.41, 5.74) is 1.49. The molecule has 1 aromatic heterocycles. The number of rotatable bonds is 9. The van der Waals surface area contributed by atoms with E-state index in [0.29, 0.717) is 46.5 Å². The van der Waals surface area contributed by atoms with E-state index in [1.807, 2.05) is 13.0 Å². The van der Waals surface area contributed by atoms with Gasteiger partial charge in [0.1, 0.15) is 23.0 Å². The Morgan fingerprint density at radius 1 is 1.00 bits per heavy atom. The monoisotopic (exact) mass is 544 g/mol. The number of phenols is 1. The van der Waals surface area contributed by atoms with Gasteiger partial charge in [-0.2, -0.15) is 0 Å². The molecule has 5 rings (SSSR count). The van der Waals surface area contributed by atoms with Crippen molar-refractivity contribution in [1.82, 2.24) is 4.98 Å². The number of unbranched alkanes of at least 4 members (excludes halogenated alkanes) is 1. The molecule has 1 unspecified atom stereocenters. The highest BCUT2D eigenvalue weighted by molar-refractivity contribution is 7.22. The van der Waals surface area contributed by atoms with Crippen molar-refractivity contribution in [2.45, 2.75) is 32.7 Å². The van der Waals surface area contributed by atoms with Gasteiger partial charge in [0.2, 0.25) is 0 Å². The van der Waals surface area contributed by atoms with Gasteiger partial charge < -0.3 is 19.7 Å². The van der Waals surface area contributed by atoms with Crippen LogP contribution >= 0.6 is 11.3 Å². The van der Waals surface area contributed by atoms with Gasteiger partial charge in [0.05, 0.1) is 35.0 Å². The van der Waals surface area contributed by atoms with Crippen molar-refractivity contribution in [3.63, 3.8) is 0 Å². The maximum absolute atomic E-state index is 13.5. The Labute approximate surface area is 229 Å². The van der Waals surface area contributed by atoms with Crippen LogP contribution in [0.5, 0.6) is 17.2 Å². The van der Waals surface area contributed by atoms with Crippen LogP contribution in [0.2, 0.25) is 0 Å². The first-order chi connectivity index (χ1) is 18.9. The minimum atomic E-state index is -0.956. The molecule has 4 aromatic rings. The van der Waals surface area contributed by atoms with Crippen molar-refractivity contribution in [3.8, 4) is 17.2 Å². The molecule has 0 radical (unpaired) electrons. The third-order valence-electron chi connectivity index (χ3n) is 6.39. The Morgan fingerprint density at radius 3 is 2.51 bits per heavy atom.